The smallest absolute Gasteiger partial charge is 0.292 e. The average molecular weight is 423 g/mol. The number of thioether (sulfide) groups is 1. The minimum absolute atomic E-state index is 0.174. The molecule has 1 heterocycles. The summed E-state index contributed by atoms with van der Waals surface area (Å²) >= 11 is 1.30. The van der Waals surface area contributed by atoms with Crippen molar-refractivity contribution in [1.82, 2.24) is 0 Å². The van der Waals surface area contributed by atoms with Crippen LogP contribution >= 0.6 is 11.8 Å². The second-order valence-electron chi connectivity index (χ2n) is 7.06. The van der Waals surface area contributed by atoms with E-state index in [9.17, 15) is 24.5 Å². The molecule has 0 fully saturated rings. The van der Waals surface area contributed by atoms with Crippen molar-refractivity contribution >= 4 is 46.3 Å². The number of non-ortho nitro benzene ring substituents is 1. The number of ketones is 2. The van der Waals surface area contributed by atoms with Crippen LogP contribution in [-0.2, 0) is 14.4 Å². The van der Waals surface area contributed by atoms with Crippen LogP contribution in [0.15, 0.2) is 58.0 Å². The molecule has 2 aromatic carbocycles. The third kappa shape index (κ3) is 3.59. The molecule has 1 aliphatic carbocycles. The summed E-state index contributed by atoms with van der Waals surface area (Å²) in [5, 5.41) is 16.6. The molecule has 0 saturated heterocycles. The van der Waals surface area contributed by atoms with E-state index >= 15 is 0 Å². The number of fused-ring (bicyclic) bond motifs is 1. The maximum absolute atomic E-state index is 13.0. The van der Waals surface area contributed by atoms with Crippen molar-refractivity contribution in [2.24, 2.45) is 5.92 Å². The summed E-state index contributed by atoms with van der Waals surface area (Å²) in [6.07, 6.45) is 0.704. The lowest BCUT2D eigenvalue weighted by Crippen LogP contribution is -2.37. The highest BCUT2D eigenvalue weighted by Crippen LogP contribution is 2.44. The van der Waals surface area contributed by atoms with Gasteiger partial charge in [-0.1, -0.05) is 30.0 Å². The fourth-order valence-corrected chi connectivity index (χ4v) is 4.57. The molecule has 152 valence electrons. The maximum atomic E-state index is 13.0. The van der Waals surface area contributed by atoms with E-state index in [0.29, 0.717) is 16.9 Å². The van der Waals surface area contributed by atoms with Gasteiger partial charge in [-0.05, 0) is 37.5 Å². The van der Waals surface area contributed by atoms with Gasteiger partial charge in [0.05, 0.1) is 27.1 Å². The number of nitrogens with one attached hydrogen (secondary N) is 2. The molecule has 9 heteroatoms. The quantitative estimate of drug-likeness (QED) is 0.332. The highest BCUT2D eigenvalue weighted by atomic mass is 32.2. The second-order valence-corrected chi connectivity index (χ2v) is 8.11. The summed E-state index contributed by atoms with van der Waals surface area (Å²) in [5.74, 6) is -3.23. The molecule has 2 N–H and O–H groups in total. The fourth-order valence-electron chi connectivity index (χ4n) is 3.45. The van der Waals surface area contributed by atoms with Gasteiger partial charge in [0.15, 0.2) is 5.78 Å². The number of carbonyl (C=O) groups excluding carboxylic acids is 3. The van der Waals surface area contributed by atoms with Crippen LogP contribution in [0, 0.1) is 23.0 Å². The van der Waals surface area contributed by atoms with E-state index in [1.165, 1.54) is 30.0 Å². The Labute approximate surface area is 175 Å². The molecule has 1 aliphatic heterocycles. The number of para-hydroxylation sites is 1. The average Bonchev–Trinajstić information content (AvgIpc) is 2.74. The SMILES string of the molecule is Cc1ccc([N+](=O)[O-])cc1NC(=O)C(=O)[C@H]1CCC2=C(Sc3ccccc3N2)C1=O. The first-order chi connectivity index (χ1) is 14.3. The van der Waals surface area contributed by atoms with Crippen LogP contribution in [0.2, 0.25) is 0 Å². The van der Waals surface area contributed by atoms with Gasteiger partial charge in [0, 0.05) is 22.7 Å². The second kappa shape index (κ2) is 7.75. The monoisotopic (exact) mass is 423 g/mol. The summed E-state index contributed by atoms with van der Waals surface area (Å²) in [7, 11) is 0. The van der Waals surface area contributed by atoms with Crippen LogP contribution < -0.4 is 10.6 Å². The van der Waals surface area contributed by atoms with Gasteiger partial charge >= 0.3 is 0 Å². The minimum atomic E-state index is -1.07. The molecule has 2 aromatic rings. The number of nitro groups is 1. The van der Waals surface area contributed by atoms with E-state index in [1.54, 1.807) is 6.92 Å². The van der Waals surface area contributed by atoms with E-state index in [0.717, 1.165) is 16.3 Å². The van der Waals surface area contributed by atoms with Gasteiger partial charge in [-0.15, -0.1) is 0 Å². The standard InChI is InChI=1S/C21H17N3O5S/c1-11-6-7-12(24(28)29)10-16(11)23-21(27)19(26)13-8-9-15-20(18(13)25)30-17-5-3-2-4-14(17)22-15/h2-7,10,13,22H,8-9H2,1H3,(H,23,27)/t13-/m0/s1. The van der Waals surface area contributed by atoms with Crippen molar-refractivity contribution in [3.63, 3.8) is 0 Å². The Bertz CT molecular complexity index is 1140. The Balaban J connectivity index is 1.52. The number of aryl methyl sites for hydroxylation is 1. The molecule has 0 unspecified atom stereocenters. The fraction of sp³-hybridized carbons (Fsp3) is 0.190. The Morgan fingerprint density at radius 3 is 2.77 bits per heavy atom. The summed E-state index contributed by atoms with van der Waals surface area (Å²) in [6, 6.07) is 11.6. The van der Waals surface area contributed by atoms with E-state index in [1.807, 2.05) is 24.3 Å². The van der Waals surface area contributed by atoms with Crippen LogP contribution in [0.5, 0.6) is 0 Å². The minimum Gasteiger partial charge on any atom is -0.357 e. The van der Waals surface area contributed by atoms with Gasteiger partial charge in [-0.3, -0.25) is 24.5 Å². The molecule has 8 nitrogen and oxygen atoms in total. The number of rotatable bonds is 4. The van der Waals surface area contributed by atoms with Gasteiger partial charge in [-0.25, -0.2) is 0 Å². The van der Waals surface area contributed by atoms with Crippen LogP contribution in [-0.4, -0.2) is 22.4 Å². The largest absolute Gasteiger partial charge is 0.357 e. The van der Waals surface area contributed by atoms with Crippen molar-refractivity contribution < 1.29 is 19.3 Å². The first-order valence-corrected chi connectivity index (χ1v) is 10.1. The number of nitro benzene ring substituents is 1. The Kier molecular flexibility index (Phi) is 5.13. The lowest BCUT2D eigenvalue weighted by Gasteiger charge is -2.29. The lowest BCUT2D eigenvalue weighted by atomic mass is 9.87. The van der Waals surface area contributed by atoms with Crippen LogP contribution in [0.4, 0.5) is 17.1 Å². The third-order valence-electron chi connectivity index (χ3n) is 5.10. The number of allylic oxidation sites excluding steroid dienone is 2. The Morgan fingerprint density at radius 2 is 2.00 bits per heavy atom. The van der Waals surface area contributed by atoms with Gasteiger partial charge in [0.2, 0.25) is 5.78 Å². The van der Waals surface area contributed by atoms with Crippen LogP contribution in [0.25, 0.3) is 0 Å². The van der Waals surface area contributed by atoms with Gasteiger partial charge in [-0.2, -0.15) is 0 Å². The van der Waals surface area contributed by atoms with Gasteiger partial charge in [0.1, 0.15) is 0 Å². The molecule has 30 heavy (non-hydrogen) atoms. The molecule has 0 spiro atoms. The number of benzene rings is 2. The normalized spacial score (nSPS) is 17.5. The lowest BCUT2D eigenvalue weighted by molar-refractivity contribution is -0.384. The number of Topliss-reactive ketones (excluding diaryl/α,β-unsaturated/α-hetero) is 2. The highest BCUT2D eigenvalue weighted by Gasteiger charge is 2.39. The number of carbonyl (C=O) groups is 3. The summed E-state index contributed by atoms with van der Waals surface area (Å²) in [4.78, 5) is 50.0. The van der Waals surface area contributed by atoms with Crippen molar-refractivity contribution in [1.29, 1.82) is 0 Å². The first kappa shape index (κ1) is 19.8. The van der Waals surface area contributed by atoms with Crippen LogP contribution in [0.3, 0.4) is 0 Å². The van der Waals surface area contributed by atoms with E-state index in [4.69, 9.17) is 0 Å². The van der Waals surface area contributed by atoms with Crippen molar-refractivity contribution in [2.45, 2.75) is 24.7 Å². The molecule has 0 saturated carbocycles. The van der Waals surface area contributed by atoms with E-state index in [2.05, 4.69) is 10.6 Å². The van der Waals surface area contributed by atoms with Crippen LogP contribution in [0.1, 0.15) is 18.4 Å². The molecule has 2 aliphatic rings. The predicted molar refractivity (Wildman–Crippen MR) is 112 cm³/mol. The van der Waals surface area contributed by atoms with Gasteiger partial charge in [0.25, 0.3) is 11.6 Å². The molecule has 1 amide bonds. The molecule has 0 aromatic heterocycles. The van der Waals surface area contributed by atoms with Gasteiger partial charge < -0.3 is 10.6 Å². The van der Waals surface area contributed by atoms with Crippen molar-refractivity contribution in [2.75, 3.05) is 10.6 Å². The molecular weight excluding hydrogens is 406 g/mol. The number of hydrogen-bond donors (Lipinski definition) is 2. The number of anilines is 2. The predicted octanol–water partition coefficient (Wildman–Crippen LogP) is 3.82. The van der Waals surface area contributed by atoms with E-state index < -0.39 is 22.5 Å². The molecule has 0 bridgehead atoms. The molecule has 0 radical (unpaired) electrons. The molecule has 1 atom stereocenters. The third-order valence-corrected chi connectivity index (χ3v) is 6.33. The summed E-state index contributed by atoms with van der Waals surface area (Å²) < 4.78 is 0. The zero-order valence-electron chi connectivity index (χ0n) is 15.9. The van der Waals surface area contributed by atoms with E-state index in [-0.39, 0.29) is 23.6 Å². The highest BCUT2D eigenvalue weighted by molar-refractivity contribution is 8.04. The Hall–Kier alpha value is -3.46. The number of hydrogen-bond acceptors (Lipinski definition) is 7. The number of amides is 1. The Morgan fingerprint density at radius 1 is 1.23 bits per heavy atom. The maximum Gasteiger partial charge on any atom is 0.292 e. The zero-order valence-corrected chi connectivity index (χ0v) is 16.7. The molecule has 4 rings (SSSR count). The number of nitrogens with zero attached hydrogens (tertiary/aromatic N) is 1. The summed E-state index contributed by atoms with van der Waals surface area (Å²) in [6.45, 7) is 1.66. The molecular formula is C21H17N3O5S. The topological polar surface area (TPSA) is 118 Å². The van der Waals surface area contributed by atoms with Crippen molar-refractivity contribution in [3.05, 3.63) is 68.7 Å². The summed E-state index contributed by atoms with van der Waals surface area (Å²) in [5.41, 5.74) is 2.23. The zero-order chi connectivity index (χ0) is 21.4. The first-order valence-electron chi connectivity index (χ1n) is 9.26. The van der Waals surface area contributed by atoms with Crippen molar-refractivity contribution in [3.8, 4) is 0 Å².